The molecule has 0 radical (unpaired) electrons. The predicted molar refractivity (Wildman–Crippen MR) is 77.5 cm³/mol. The molecule has 0 spiro atoms. The van der Waals surface area contributed by atoms with Crippen LogP contribution in [0.1, 0.15) is 37.0 Å². The van der Waals surface area contributed by atoms with Gasteiger partial charge in [0.05, 0.1) is 0 Å². The van der Waals surface area contributed by atoms with Crippen LogP contribution >= 0.6 is 0 Å². The minimum Gasteiger partial charge on any atom is -0.435 e. The van der Waals surface area contributed by atoms with Gasteiger partial charge in [-0.25, -0.2) is 0 Å². The van der Waals surface area contributed by atoms with Crippen LogP contribution in [0.4, 0.5) is 8.78 Å². The number of hydrogen-bond acceptors (Lipinski definition) is 3. The molecule has 0 saturated heterocycles. The van der Waals surface area contributed by atoms with E-state index in [9.17, 15) is 13.6 Å². The van der Waals surface area contributed by atoms with Crippen molar-refractivity contribution in [3.05, 3.63) is 29.8 Å². The minimum atomic E-state index is -2.91. The molecule has 118 valence electrons. The summed E-state index contributed by atoms with van der Waals surface area (Å²) in [4.78, 5) is 12.1. The third kappa shape index (κ3) is 4.97. The highest BCUT2D eigenvalue weighted by atomic mass is 19.3. The number of carbonyl (C=O) groups is 1. The van der Waals surface area contributed by atoms with E-state index in [0.717, 1.165) is 12.8 Å². The van der Waals surface area contributed by atoms with Crippen molar-refractivity contribution in [1.82, 2.24) is 5.32 Å². The fourth-order valence-corrected chi connectivity index (χ4v) is 2.04. The van der Waals surface area contributed by atoms with E-state index in [1.54, 1.807) is 6.07 Å². The molecule has 3 N–H and O–H groups in total. The van der Waals surface area contributed by atoms with E-state index in [4.69, 9.17) is 5.73 Å². The van der Waals surface area contributed by atoms with Gasteiger partial charge in [-0.1, -0.05) is 19.9 Å². The van der Waals surface area contributed by atoms with E-state index in [-0.39, 0.29) is 22.6 Å². The van der Waals surface area contributed by atoms with E-state index < -0.39 is 6.61 Å². The van der Waals surface area contributed by atoms with Gasteiger partial charge in [0.15, 0.2) is 0 Å². The molecule has 0 heterocycles. The van der Waals surface area contributed by atoms with Crippen molar-refractivity contribution in [2.45, 2.75) is 33.3 Å². The molecule has 0 saturated carbocycles. The lowest BCUT2D eigenvalue weighted by Crippen LogP contribution is -2.41. The molecule has 0 bridgehead atoms. The number of rotatable bonds is 8. The Morgan fingerprint density at radius 1 is 1.38 bits per heavy atom. The molecule has 1 amide bonds. The van der Waals surface area contributed by atoms with Gasteiger partial charge >= 0.3 is 6.61 Å². The Bertz CT molecular complexity index is 454. The number of amides is 1. The highest BCUT2D eigenvalue weighted by Crippen LogP contribution is 2.24. The predicted octanol–water partition coefficient (Wildman–Crippen LogP) is 2.78. The van der Waals surface area contributed by atoms with Crippen LogP contribution in [0.25, 0.3) is 0 Å². The van der Waals surface area contributed by atoms with Crippen molar-refractivity contribution in [3.63, 3.8) is 0 Å². The Balaban J connectivity index is 2.71. The van der Waals surface area contributed by atoms with E-state index >= 15 is 0 Å². The van der Waals surface area contributed by atoms with Crippen LogP contribution in [-0.4, -0.2) is 25.6 Å². The van der Waals surface area contributed by atoms with Crippen LogP contribution in [0.3, 0.4) is 0 Å². The molecule has 1 aromatic carbocycles. The van der Waals surface area contributed by atoms with Gasteiger partial charge in [-0.2, -0.15) is 8.78 Å². The lowest BCUT2D eigenvalue weighted by Gasteiger charge is -2.30. The zero-order valence-corrected chi connectivity index (χ0v) is 12.4. The molecule has 6 heteroatoms. The number of nitrogens with one attached hydrogen (secondary N) is 1. The number of halogens is 2. The summed E-state index contributed by atoms with van der Waals surface area (Å²) in [6.45, 7) is 2.08. The molecule has 21 heavy (non-hydrogen) atoms. The second-order valence-corrected chi connectivity index (χ2v) is 5.00. The van der Waals surface area contributed by atoms with Crippen LogP contribution < -0.4 is 15.8 Å². The Hall–Kier alpha value is -1.69. The first-order valence-electron chi connectivity index (χ1n) is 6.99. The summed E-state index contributed by atoms with van der Waals surface area (Å²) in [6, 6.07) is 5.73. The summed E-state index contributed by atoms with van der Waals surface area (Å²) >= 11 is 0. The lowest BCUT2D eigenvalue weighted by molar-refractivity contribution is -0.0498. The molecule has 0 aliphatic heterocycles. The Labute approximate surface area is 123 Å². The van der Waals surface area contributed by atoms with Gasteiger partial charge in [0.2, 0.25) is 0 Å². The third-order valence-corrected chi connectivity index (χ3v) is 3.88. The van der Waals surface area contributed by atoms with Crippen molar-refractivity contribution in [2.24, 2.45) is 11.1 Å². The zero-order valence-electron chi connectivity index (χ0n) is 12.4. The molecule has 0 aliphatic carbocycles. The molecule has 1 aromatic rings. The summed E-state index contributed by atoms with van der Waals surface area (Å²) in [6.07, 6.45) is 1.71. The first-order chi connectivity index (χ1) is 9.96. The van der Waals surface area contributed by atoms with Crippen molar-refractivity contribution in [1.29, 1.82) is 0 Å². The maximum atomic E-state index is 12.2. The summed E-state index contributed by atoms with van der Waals surface area (Å²) in [5.74, 6) is -0.358. The highest BCUT2D eigenvalue weighted by molar-refractivity contribution is 5.94. The SMILES string of the molecule is CCC(CC)(CN)CNC(=O)c1cccc(OC(F)F)c1. The number of alkyl halides is 2. The van der Waals surface area contributed by atoms with Crippen molar-refractivity contribution < 1.29 is 18.3 Å². The van der Waals surface area contributed by atoms with Gasteiger partial charge in [0.1, 0.15) is 5.75 Å². The van der Waals surface area contributed by atoms with Crippen LogP contribution in [0.5, 0.6) is 5.75 Å². The smallest absolute Gasteiger partial charge is 0.387 e. The van der Waals surface area contributed by atoms with Crippen molar-refractivity contribution in [3.8, 4) is 5.75 Å². The second-order valence-electron chi connectivity index (χ2n) is 5.00. The zero-order chi connectivity index (χ0) is 15.9. The highest BCUT2D eigenvalue weighted by Gasteiger charge is 2.25. The molecule has 0 aliphatic rings. The topological polar surface area (TPSA) is 64.3 Å². The van der Waals surface area contributed by atoms with Crippen molar-refractivity contribution in [2.75, 3.05) is 13.1 Å². The quantitative estimate of drug-likeness (QED) is 0.776. The second kappa shape index (κ2) is 7.93. The summed E-state index contributed by atoms with van der Waals surface area (Å²) in [5.41, 5.74) is 5.93. The van der Waals surface area contributed by atoms with Gasteiger partial charge in [0.25, 0.3) is 5.91 Å². The fourth-order valence-electron chi connectivity index (χ4n) is 2.04. The van der Waals surface area contributed by atoms with Crippen molar-refractivity contribution >= 4 is 5.91 Å². The number of benzene rings is 1. The molecule has 1 rings (SSSR count). The molecule has 0 unspecified atom stereocenters. The number of carbonyl (C=O) groups excluding carboxylic acids is 1. The normalized spacial score (nSPS) is 11.5. The van der Waals surface area contributed by atoms with E-state index in [1.807, 2.05) is 13.8 Å². The Morgan fingerprint density at radius 3 is 2.57 bits per heavy atom. The molecular weight excluding hydrogens is 278 g/mol. The van der Waals surface area contributed by atoms with Crippen LogP contribution in [-0.2, 0) is 0 Å². The molecule has 4 nitrogen and oxygen atoms in total. The van der Waals surface area contributed by atoms with Gasteiger partial charge < -0.3 is 15.8 Å². The van der Waals surface area contributed by atoms with Crippen LogP contribution in [0.15, 0.2) is 24.3 Å². The standard InChI is InChI=1S/C15H22F2N2O2/c1-3-15(4-2,9-18)10-19-13(20)11-6-5-7-12(8-11)21-14(16)17/h5-8,14H,3-4,9-10,18H2,1-2H3,(H,19,20). The fraction of sp³-hybridized carbons (Fsp3) is 0.533. The Kier molecular flexibility index (Phi) is 6.55. The summed E-state index contributed by atoms with van der Waals surface area (Å²) < 4.78 is 28.6. The van der Waals surface area contributed by atoms with E-state index in [2.05, 4.69) is 10.1 Å². The van der Waals surface area contributed by atoms with Gasteiger partial charge in [-0.15, -0.1) is 0 Å². The van der Waals surface area contributed by atoms with Gasteiger partial charge in [0, 0.05) is 12.1 Å². The summed E-state index contributed by atoms with van der Waals surface area (Å²) in [5, 5.41) is 2.81. The van der Waals surface area contributed by atoms with Gasteiger partial charge in [-0.3, -0.25) is 4.79 Å². The number of ether oxygens (including phenoxy) is 1. The average Bonchev–Trinajstić information content (AvgIpc) is 2.48. The maximum Gasteiger partial charge on any atom is 0.387 e. The van der Waals surface area contributed by atoms with E-state index in [1.165, 1.54) is 18.2 Å². The average molecular weight is 300 g/mol. The molecule has 0 fully saturated rings. The number of hydrogen-bond donors (Lipinski definition) is 2. The largest absolute Gasteiger partial charge is 0.435 e. The first kappa shape index (κ1) is 17.4. The maximum absolute atomic E-state index is 12.2. The Morgan fingerprint density at radius 2 is 2.05 bits per heavy atom. The lowest BCUT2D eigenvalue weighted by atomic mass is 9.82. The molecular formula is C15H22F2N2O2. The first-order valence-corrected chi connectivity index (χ1v) is 6.99. The monoisotopic (exact) mass is 300 g/mol. The van der Waals surface area contributed by atoms with E-state index in [0.29, 0.717) is 13.1 Å². The molecule has 0 atom stereocenters. The third-order valence-electron chi connectivity index (χ3n) is 3.88. The van der Waals surface area contributed by atoms with Gasteiger partial charge in [-0.05, 0) is 43.0 Å². The van der Waals surface area contributed by atoms with Crippen LogP contribution in [0, 0.1) is 5.41 Å². The summed E-state index contributed by atoms with van der Waals surface area (Å²) in [7, 11) is 0. The minimum absolute atomic E-state index is 0.0336. The number of nitrogens with two attached hydrogens (primary N) is 1. The molecule has 0 aromatic heterocycles. The van der Waals surface area contributed by atoms with Crippen LogP contribution in [0.2, 0.25) is 0 Å².